The maximum Gasteiger partial charge on any atom is 0.419 e. The minimum absolute atomic E-state index is 0.00160. The summed E-state index contributed by atoms with van der Waals surface area (Å²) >= 11 is 1.19. The SMILES string of the molecule is COc1ccc(S(=O)(=O)N(Cc2ccc(F)c(C(F)(F)F)c2)c2cc3ccccc3s2)cc1. The minimum Gasteiger partial charge on any atom is -0.497 e. The van der Waals surface area contributed by atoms with Crippen LogP contribution in [0.25, 0.3) is 10.1 Å². The van der Waals surface area contributed by atoms with Crippen molar-refractivity contribution >= 4 is 36.4 Å². The first-order valence-corrected chi connectivity index (χ1v) is 11.9. The highest BCUT2D eigenvalue weighted by Crippen LogP contribution is 2.38. The number of sulfonamides is 1. The molecule has 4 nitrogen and oxygen atoms in total. The number of hydrogen-bond acceptors (Lipinski definition) is 4. The Hall–Kier alpha value is -3.11. The van der Waals surface area contributed by atoms with Crippen LogP contribution in [0.3, 0.4) is 0 Å². The Kier molecular flexibility index (Phi) is 6.06. The van der Waals surface area contributed by atoms with Crippen molar-refractivity contribution in [1.29, 1.82) is 0 Å². The van der Waals surface area contributed by atoms with Crippen molar-refractivity contribution in [2.24, 2.45) is 0 Å². The fraction of sp³-hybridized carbons (Fsp3) is 0.130. The first kappa shape index (κ1) is 23.1. The van der Waals surface area contributed by atoms with Gasteiger partial charge in [0.1, 0.15) is 16.6 Å². The average molecular weight is 496 g/mol. The molecule has 3 aromatic carbocycles. The van der Waals surface area contributed by atoms with Crippen molar-refractivity contribution < 1.29 is 30.7 Å². The van der Waals surface area contributed by atoms with Gasteiger partial charge in [0.05, 0.1) is 24.1 Å². The topological polar surface area (TPSA) is 46.6 Å². The number of methoxy groups -OCH3 is 1. The van der Waals surface area contributed by atoms with Gasteiger partial charge in [0.15, 0.2) is 0 Å². The number of alkyl halides is 3. The van der Waals surface area contributed by atoms with E-state index in [9.17, 15) is 26.0 Å². The fourth-order valence-electron chi connectivity index (χ4n) is 3.30. The Balaban J connectivity index is 1.83. The standard InChI is InChI=1S/C23H17F4NO3S2/c1-31-17-7-9-18(10-8-17)33(29,30)28(22-13-16-4-2-3-5-21(16)32-22)14-15-6-11-20(24)19(12-15)23(25,26)27/h2-13H,14H2,1H3. The van der Waals surface area contributed by atoms with Crippen molar-refractivity contribution in [3.8, 4) is 5.75 Å². The van der Waals surface area contributed by atoms with Crippen LogP contribution in [0, 0.1) is 5.82 Å². The van der Waals surface area contributed by atoms with Crippen LogP contribution in [0.5, 0.6) is 5.75 Å². The van der Waals surface area contributed by atoms with Crippen LogP contribution in [-0.4, -0.2) is 15.5 Å². The third-order valence-corrected chi connectivity index (χ3v) is 8.00. The van der Waals surface area contributed by atoms with Gasteiger partial charge in [-0.1, -0.05) is 24.3 Å². The van der Waals surface area contributed by atoms with Crippen LogP contribution < -0.4 is 9.04 Å². The molecule has 0 bridgehead atoms. The largest absolute Gasteiger partial charge is 0.497 e. The van der Waals surface area contributed by atoms with Gasteiger partial charge in [0.25, 0.3) is 10.0 Å². The molecule has 0 aliphatic heterocycles. The van der Waals surface area contributed by atoms with Gasteiger partial charge in [-0.2, -0.15) is 13.2 Å². The summed E-state index contributed by atoms with van der Waals surface area (Å²) in [6.45, 7) is -0.412. The predicted octanol–water partition coefficient (Wildman–Crippen LogP) is 6.46. The number of fused-ring (bicyclic) bond motifs is 1. The summed E-state index contributed by atoms with van der Waals surface area (Å²) in [6, 6.07) is 17.1. The second-order valence-electron chi connectivity index (χ2n) is 7.12. The molecule has 0 saturated heterocycles. The van der Waals surface area contributed by atoms with Crippen LogP contribution >= 0.6 is 11.3 Å². The predicted molar refractivity (Wildman–Crippen MR) is 120 cm³/mol. The smallest absolute Gasteiger partial charge is 0.419 e. The lowest BCUT2D eigenvalue weighted by molar-refractivity contribution is -0.140. The van der Waals surface area contributed by atoms with E-state index in [1.54, 1.807) is 18.2 Å². The number of halogens is 4. The Bertz CT molecular complexity index is 1360. The molecular formula is C23H17F4NO3S2. The van der Waals surface area contributed by atoms with E-state index in [0.717, 1.165) is 20.5 Å². The summed E-state index contributed by atoms with van der Waals surface area (Å²) in [5.74, 6) is -0.964. The second kappa shape index (κ2) is 8.68. The van der Waals surface area contributed by atoms with E-state index in [1.807, 2.05) is 12.1 Å². The molecule has 1 heterocycles. The Morgan fingerprint density at radius 1 is 0.970 bits per heavy atom. The van der Waals surface area contributed by atoms with Crippen molar-refractivity contribution in [2.75, 3.05) is 11.4 Å². The molecule has 1 aromatic heterocycles. The molecule has 0 aliphatic carbocycles. The van der Waals surface area contributed by atoms with Gasteiger partial charge in [-0.3, -0.25) is 4.31 Å². The lowest BCUT2D eigenvalue weighted by Crippen LogP contribution is -2.30. The molecule has 0 fully saturated rings. The molecule has 172 valence electrons. The zero-order chi connectivity index (χ0) is 23.8. The monoisotopic (exact) mass is 495 g/mol. The molecule has 0 unspecified atom stereocenters. The van der Waals surface area contributed by atoms with Crippen LogP contribution in [0.2, 0.25) is 0 Å². The van der Waals surface area contributed by atoms with Gasteiger partial charge >= 0.3 is 6.18 Å². The summed E-state index contributed by atoms with van der Waals surface area (Å²) in [7, 11) is -2.73. The molecule has 0 N–H and O–H groups in total. The zero-order valence-corrected chi connectivity index (χ0v) is 18.8. The lowest BCUT2D eigenvalue weighted by Gasteiger charge is -2.23. The minimum atomic E-state index is -4.91. The van der Waals surface area contributed by atoms with E-state index < -0.39 is 34.1 Å². The fourth-order valence-corrected chi connectivity index (χ4v) is 6.02. The Morgan fingerprint density at radius 2 is 1.67 bits per heavy atom. The van der Waals surface area contributed by atoms with Crippen LogP contribution in [0.15, 0.2) is 77.7 Å². The van der Waals surface area contributed by atoms with Gasteiger partial charge < -0.3 is 4.74 Å². The summed E-state index contributed by atoms with van der Waals surface area (Å²) < 4.78 is 87.5. The van der Waals surface area contributed by atoms with E-state index >= 15 is 0 Å². The molecule has 0 aliphatic rings. The summed E-state index contributed by atoms with van der Waals surface area (Å²) in [5.41, 5.74) is -1.45. The molecule has 4 rings (SSSR count). The maximum atomic E-state index is 13.8. The third kappa shape index (κ3) is 4.67. The van der Waals surface area contributed by atoms with E-state index in [2.05, 4.69) is 0 Å². The molecule has 0 amide bonds. The molecule has 0 atom stereocenters. The van der Waals surface area contributed by atoms with Crippen molar-refractivity contribution in [3.05, 3.63) is 89.7 Å². The summed E-state index contributed by atoms with van der Waals surface area (Å²) in [6.07, 6.45) is -4.91. The number of benzene rings is 3. The molecule has 0 spiro atoms. The molecule has 4 aromatic rings. The molecular weight excluding hydrogens is 478 g/mol. The number of hydrogen-bond donors (Lipinski definition) is 0. The molecule has 0 radical (unpaired) electrons. The number of anilines is 1. The van der Waals surface area contributed by atoms with Crippen molar-refractivity contribution in [3.63, 3.8) is 0 Å². The van der Waals surface area contributed by atoms with E-state index in [4.69, 9.17) is 4.74 Å². The van der Waals surface area contributed by atoms with Gasteiger partial charge in [-0.15, -0.1) is 11.3 Å². The highest BCUT2D eigenvalue weighted by atomic mass is 32.2. The highest BCUT2D eigenvalue weighted by molar-refractivity contribution is 7.93. The normalized spacial score (nSPS) is 12.2. The summed E-state index contributed by atoms with van der Waals surface area (Å²) in [5, 5.41) is 1.12. The van der Waals surface area contributed by atoms with Gasteiger partial charge in [-0.25, -0.2) is 12.8 Å². The molecule has 33 heavy (non-hydrogen) atoms. The van der Waals surface area contributed by atoms with Gasteiger partial charge in [0, 0.05) is 4.70 Å². The zero-order valence-electron chi connectivity index (χ0n) is 17.1. The summed E-state index contributed by atoms with van der Waals surface area (Å²) in [4.78, 5) is -0.0566. The Morgan fingerprint density at radius 3 is 2.30 bits per heavy atom. The maximum absolute atomic E-state index is 13.8. The number of nitrogens with zero attached hydrogens (tertiary/aromatic N) is 1. The van der Waals surface area contributed by atoms with Crippen molar-refractivity contribution in [2.45, 2.75) is 17.6 Å². The van der Waals surface area contributed by atoms with Gasteiger partial charge in [-0.05, 0) is 59.5 Å². The quantitative estimate of drug-likeness (QED) is 0.288. The van der Waals surface area contributed by atoms with Gasteiger partial charge in [0.2, 0.25) is 0 Å². The van der Waals surface area contributed by atoms with E-state index in [-0.39, 0.29) is 10.5 Å². The first-order valence-electron chi connectivity index (χ1n) is 9.60. The highest BCUT2D eigenvalue weighted by Gasteiger charge is 2.35. The lowest BCUT2D eigenvalue weighted by atomic mass is 10.1. The Labute approximate surface area is 191 Å². The molecule has 0 saturated carbocycles. The average Bonchev–Trinajstić information content (AvgIpc) is 3.21. The van der Waals surface area contributed by atoms with Crippen LogP contribution in [0.4, 0.5) is 22.6 Å². The second-order valence-corrected chi connectivity index (χ2v) is 10.0. The van der Waals surface area contributed by atoms with Crippen LogP contribution in [0.1, 0.15) is 11.1 Å². The first-order chi connectivity index (χ1) is 15.6. The van der Waals surface area contributed by atoms with Crippen molar-refractivity contribution in [1.82, 2.24) is 0 Å². The molecule has 10 heteroatoms. The van der Waals surface area contributed by atoms with E-state index in [1.165, 1.54) is 42.7 Å². The number of rotatable bonds is 6. The number of thiophene rings is 1. The van der Waals surface area contributed by atoms with Crippen LogP contribution in [-0.2, 0) is 22.7 Å². The number of ether oxygens (including phenoxy) is 1. The third-order valence-electron chi connectivity index (χ3n) is 4.97. The van der Waals surface area contributed by atoms with E-state index in [0.29, 0.717) is 22.9 Å².